The molecule has 1 heterocycles. The van der Waals surface area contributed by atoms with Crippen molar-refractivity contribution in [3.63, 3.8) is 0 Å². The van der Waals surface area contributed by atoms with Gasteiger partial charge in [-0.25, -0.2) is 4.98 Å². The Bertz CT molecular complexity index is 892. The van der Waals surface area contributed by atoms with Crippen molar-refractivity contribution in [1.29, 1.82) is 0 Å². The minimum absolute atomic E-state index is 0.0711. The van der Waals surface area contributed by atoms with Crippen molar-refractivity contribution >= 4 is 28.4 Å². The van der Waals surface area contributed by atoms with Crippen LogP contribution in [-0.4, -0.2) is 16.8 Å². The van der Waals surface area contributed by atoms with E-state index in [1.165, 1.54) is 0 Å². The third-order valence-corrected chi connectivity index (χ3v) is 3.72. The average Bonchev–Trinajstić information content (AvgIpc) is 2.60. The van der Waals surface area contributed by atoms with Gasteiger partial charge in [0.1, 0.15) is 0 Å². The first-order chi connectivity index (χ1) is 11.6. The first-order valence-corrected chi connectivity index (χ1v) is 7.67. The lowest BCUT2D eigenvalue weighted by molar-refractivity contribution is -0.116. The Kier molecular flexibility index (Phi) is 4.52. The van der Waals surface area contributed by atoms with Gasteiger partial charge in [-0.15, -0.1) is 0 Å². The molecule has 2 amide bonds. The lowest BCUT2D eigenvalue weighted by atomic mass is 10.1. The molecule has 5 heteroatoms. The Morgan fingerprint density at radius 1 is 1.00 bits per heavy atom. The van der Waals surface area contributed by atoms with E-state index in [1.54, 1.807) is 12.1 Å². The number of carbonyl (C=O) groups is 2. The number of aromatic nitrogens is 1. The van der Waals surface area contributed by atoms with E-state index in [0.717, 1.165) is 10.9 Å². The van der Waals surface area contributed by atoms with Crippen LogP contribution in [0.2, 0.25) is 0 Å². The number of anilines is 1. The quantitative estimate of drug-likeness (QED) is 0.758. The molecular formula is C19H17N3O2. The van der Waals surface area contributed by atoms with Crippen LogP contribution in [0.4, 0.5) is 5.69 Å². The number of hydrogen-bond donors (Lipinski definition) is 2. The molecule has 3 rings (SSSR count). The van der Waals surface area contributed by atoms with Crippen molar-refractivity contribution in [1.82, 2.24) is 4.98 Å². The molecule has 0 saturated carbocycles. The summed E-state index contributed by atoms with van der Waals surface area (Å²) in [4.78, 5) is 28.1. The first-order valence-electron chi connectivity index (χ1n) is 7.67. The highest BCUT2D eigenvalue weighted by molar-refractivity contribution is 6.04. The zero-order chi connectivity index (χ0) is 16.9. The summed E-state index contributed by atoms with van der Waals surface area (Å²) < 4.78 is 0. The number of nitrogens with two attached hydrogens (primary N) is 1. The number of para-hydroxylation sites is 1. The van der Waals surface area contributed by atoms with Gasteiger partial charge in [-0.05, 0) is 24.1 Å². The van der Waals surface area contributed by atoms with Crippen molar-refractivity contribution in [3.8, 4) is 0 Å². The lowest BCUT2D eigenvalue weighted by Gasteiger charge is -2.10. The third kappa shape index (κ3) is 3.57. The van der Waals surface area contributed by atoms with E-state index in [0.29, 0.717) is 24.0 Å². The maximum atomic E-state index is 12.2. The predicted molar refractivity (Wildman–Crippen MR) is 93.7 cm³/mol. The van der Waals surface area contributed by atoms with Crippen LogP contribution in [0.3, 0.4) is 0 Å². The second-order valence-corrected chi connectivity index (χ2v) is 5.48. The van der Waals surface area contributed by atoms with E-state index < -0.39 is 5.91 Å². The van der Waals surface area contributed by atoms with Crippen LogP contribution >= 0.6 is 0 Å². The summed E-state index contributed by atoms with van der Waals surface area (Å²) in [6.45, 7) is 0. The molecule has 3 aromatic rings. The molecular weight excluding hydrogens is 302 g/mol. The standard InChI is InChI=1S/C19H17N3O2/c20-19(24)18-16(12-14-8-4-5-9-15(14)22-18)21-17(23)11-10-13-6-2-1-3-7-13/h1-9,12H,10-11H2,(H2,20,24)(H,21,23). The third-order valence-electron chi connectivity index (χ3n) is 3.72. The van der Waals surface area contributed by atoms with E-state index >= 15 is 0 Å². The van der Waals surface area contributed by atoms with Crippen molar-refractivity contribution in [3.05, 3.63) is 71.9 Å². The Labute approximate surface area is 139 Å². The highest BCUT2D eigenvalue weighted by Gasteiger charge is 2.14. The molecule has 24 heavy (non-hydrogen) atoms. The molecule has 0 fully saturated rings. The molecule has 0 saturated heterocycles. The molecule has 0 aliphatic carbocycles. The van der Waals surface area contributed by atoms with Crippen molar-refractivity contribution in [2.45, 2.75) is 12.8 Å². The number of benzene rings is 2. The number of carbonyl (C=O) groups excluding carboxylic acids is 2. The molecule has 3 N–H and O–H groups in total. The number of nitrogens with one attached hydrogen (secondary N) is 1. The summed E-state index contributed by atoms with van der Waals surface area (Å²) in [6.07, 6.45) is 0.939. The number of hydrogen-bond acceptors (Lipinski definition) is 3. The van der Waals surface area contributed by atoms with Gasteiger partial charge in [0.15, 0.2) is 5.69 Å². The van der Waals surface area contributed by atoms with Crippen LogP contribution in [0.5, 0.6) is 0 Å². The molecule has 0 aliphatic rings. The molecule has 5 nitrogen and oxygen atoms in total. The fourth-order valence-corrected chi connectivity index (χ4v) is 2.51. The molecule has 0 bridgehead atoms. The molecule has 0 unspecified atom stereocenters. The molecule has 120 valence electrons. The smallest absolute Gasteiger partial charge is 0.269 e. The molecule has 0 radical (unpaired) electrons. The second kappa shape index (κ2) is 6.91. The summed E-state index contributed by atoms with van der Waals surface area (Å²) in [7, 11) is 0. The van der Waals surface area contributed by atoms with Gasteiger partial charge >= 0.3 is 0 Å². The van der Waals surface area contributed by atoms with Gasteiger partial charge in [-0.3, -0.25) is 9.59 Å². The van der Waals surface area contributed by atoms with Gasteiger partial charge in [0, 0.05) is 11.8 Å². The fourth-order valence-electron chi connectivity index (χ4n) is 2.51. The van der Waals surface area contributed by atoms with Crippen LogP contribution in [0, 0.1) is 0 Å². The highest BCUT2D eigenvalue weighted by atomic mass is 16.2. The highest BCUT2D eigenvalue weighted by Crippen LogP contribution is 2.21. The molecule has 0 aliphatic heterocycles. The average molecular weight is 319 g/mol. The topological polar surface area (TPSA) is 85.1 Å². The summed E-state index contributed by atoms with van der Waals surface area (Å²) in [6, 6.07) is 18.8. The number of pyridine rings is 1. The number of fused-ring (bicyclic) bond motifs is 1. The summed E-state index contributed by atoms with van der Waals surface area (Å²) in [5, 5.41) is 3.59. The van der Waals surface area contributed by atoms with Gasteiger partial charge in [-0.2, -0.15) is 0 Å². The SMILES string of the molecule is NC(=O)c1nc2ccccc2cc1NC(=O)CCc1ccccc1. The van der Waals surface area contributed by atoms with Crippen LogP contribution in [0.1, 0.15) is 22.5 Å². The lowest BCUT2D eigenvalue weighted by Crippen LogP contribution is -2.20. The number of nitrogens with zero attached hydrogens (tertiary/aromatic N) is 1. The summed E-state index contributed by atoms with van der Waals surface area (Å²) >= 11 is 0. The number of primary amides is 1. The Balaban J connectivity index is 1.79. The van der Waals surface area contributed by atoms with Gasteiger partial charge in [0.2, 0.25) is 5.91 Å². The van der Waals surface area contributed by atoms with E-state index in [4.69, 9.17) is 5.73 Å². The zero-order valence-corrected chi connectivity index (χ0v) is 13.0. The number of rotatable bonds is 5. The Hall–Kier alpha value is -3.21. The fraction of sp³-hybridized carbons (Fsp3) is 0.105. The maximum Gasteiger partial charge on any atom is 0.269 e. The number of aryl methyl sites for hydroxylation is 1. The minimum atomic E-state index is -0.667. The predicted octanol–water partition coefficient (Wildman–Crippen LogP) is 2.91. The molecule has 0 spiro atoms. The van der Waals surface area contributed by atoms with Crippen molar-refractivity contribution < 1.29 is 9.59 Å². The summed E-state index contributed by atoms with van der Waals surface area (Å²) in [5.41, 5.74) is 7.55. The van der Waals surface area contributed by atoms with E-state index in [9.17, 15) is 9.59 Å². The van der Waals surface area contributed by atoms with Crippen LogP contribution in [0.15, 0.2) is 60.7 Å². The zero-order valence-electron chi connectivity index (χ0n) is 13.0. The normalized spacial score (nSPS) is 10.5. The van der Waals surface area contributed by atoms with E-state index in [1.807, 2.05) is 48.5 Å². The maximum absolute atomic E-state index is 12.2. The van der Waals surface area contributed by atoms with Crippen LogP contribution in [0.25, 0.3) is 10.9 Å². The van der Waals surface area contributed by atoms with Crippen molar-refractivity contribution in [2.24, 2.45) is 5.73 Å². The van der Waals surface area contributed by atoms with Gasteiger partial charge in [-0.1, -0.05) is 48.5 Å². The monoisotopic (exact) mass is 319 g/mol. The Morgan fingerprint density at radius 2 is 1.71 bits per heavy atom. The Morgan fingerprint density at radius 3 is 2.46 bits per heavy atom. The van der Waals surface area contributed by atoms with Gasteiger partial charge in [0.25, 0.3) is 5.91 Å². The molecule has 1 aromatic heterocycles. The van der Waals surface area contributed by atoms with Crippen LogP contribution < -0.4 is 11.1 Å². The van der Waals surface area contributed by atoms with E-state index in [-0.39, 0.29) is 11.6 Å². The van der Waals surface area contributed by atoms with E-state index in [2.05, 4.69) is 10.3 Å². The largest absolute Gasteiger partial charge is 0.364 e. The van der Waals surface area contributed by atoms with Gasteiger partial charge in [0.05, 0.1) is 11.2 Å². The van der Waals surface area contributed by atoms with Gasteiger partial charge < -0.3 is 11.1 Å². The van der Waals surface area contributed by atoms with Crippen molar-refractivity contribution in [2.75, 3.05) is 5.32 Å². The molecule has 2 aromatic carbocycles. The second-order valence-electron chi connectivity index (χ2n) is 5.48. The summed E-state index contributed by atoms with van der Waals surface area (Å²) in [5.74, 6) is -0.849. The number of amides is 2. The molecule has 0 atom stereocenters. The minimum Gasteiger partial charge on any atom is -0.364 e. The first kappa shape index (κ1) is 15.7. The van der Waals surface area contributed by atoms with Crippen LogP contribution in [-0.2, 0) is 11.2 Å².